The number of fused-ring (bicyclic) bond motifs is 1. The number of nitrogens with one attached hydrogen (secondary N) is 1. The number of aromatic nitrogens is 4. The zero-order valence-corrected chi connectivity index (χ0v) is 14.5. The lowest BCUT2D eigenvalue weighted by Gasteiger charge is -2.40. The van der Waals surface area contributed by atoms with Gasteiger partial charge in [-0.15, -0.1) is 15.3 Å². The van der Waals surface area contributed by atoms with E-state index in [2.05, 4.69) is 25.5 Å². The van der Waals surface area contributed by atoms with Crippen LogP contribution in [0.25, 0.3) is 5.65 Å². The predicted molar refractivity (Wildman–Crippen MR) is 90.9 cm³/mol. The molecule has 0 amide bonds. The van der Waals surface area contributed by atoms with E-state index in [1.807, 2.05) is 0 Å². The van der Waals surface area contributed by atoms with E-state index in [9.17, 15) is 13.2 Å². The van der Waals surface area contributed by atoms with Crippen molar-refractivity contribution in [3.63, 3.8) is 0 Å². The Kier molecular flexibility index (Phi) is 4.73. The van der Waals surface area contributed by atoms with Crippen LogP contribution < -0.4 is 5.32 Å². The molecule has 2 aliphatic rings. The van der Waals surface area contributed by atoms with Crippen LogP contribution in [-0.2, 0) is 6.18 Å². The van der Waals surface area contributed by atoms with Crippen LogP contribution in [0.2, 0.25) is 0 Å². The highest BCUT2D eigenvalue weighted by molar-refractivity contribution is 5.44. The molecular weight excluding hydrogens is 345 g/mol. The van der Waals surface area contributed by atoms with Crippen LogP contribution in [0.3, 0.4) is 0 Å². The highest BCUT2D eigenvalue weighted by Crippen LogP contribution is 2.28. The van der Waals surface area contributed by atoms with Gasteiger partial charge in [0, 0.05) is 18.6 Å². The summed E-state index contributed by atoms with van der Waals surface area (Å²) in [4.78, 5) is 2.54. The van der Waals surface area contributed by atoms with E-state index in [0.717, 1.165) is 30.4 Å². The van der Waals surface area contributed by atoms with E-state index in [0.29, 0.717) is 11.9 Å². The molecular formula is C17H23F3N6. The molecule has 9 heteroatoms. The highest BCUT2D eigenvalue weighted by atomic mass is 19.4. The lowest BCUT2D eigenvalue weighted by atomic mass is 9.92. The van der Waals surface area contributed by atoms with Crippen LogP contribution in [0.1, 0.15) is 50.8 Å². The zero-order valence-electron chi connectivity index (χ0n) is 14.5. The van der Waals surface area contributed by atoms with Crippen LogP contribution >= 0.6 is 0 Å². The molecule has 2 aromatic rings. The summed E-state index contributed by atoms with van der Waals surface area (Å²) in [5, 5.41) is 14.1. The van der Waals surface area contributed by atoms with Gasteiger partial charge in [-0.05, 0) is 44.4 Å². The van der Waals surface area contributed by atoms with Crippen molar-refractivity contribution in [3.8, 4) is 0 Å². The minimum absolute atomic E-state index is 0.0929. The van der Waals surface area contributed by atoms with Gasteiger partial charge in [0.05, 0.1) is 0 Å². The molecule has 1 saturated heterocycles. The van der Waals surface area contributed by atoms with E-state index in [1.54, 1.807) is 6.07 Å². The van der Waals surface area contributed by atoms with Gasteiger partial charge in [0.15, 0.2) is 5.65 Å². The fraction of sp³-hybridized carbons (Fsp3) is 0.706. The largest absolute Gasteiger partial charge is 0.453 e. The first kappa shape index (κ1) is 17.5. The smallest absolute Gasteiger partial charge is 0.365 e. The van der Waals surface area contributed by atoms with Gasteiger partial charge in [0.25, 0.3) is 5.82 Å². The maximum absolute atomic E-state index is 13.0. The molecule has 6 nitrogen and oxygen atoms in total. The van der Waals surface area contributed by atoms with Gasteiger partial charge in [-0.1, -0.05) is 19.3 Å². The molecule has 1 atom stereocenters. The molecule has 1 aliphatic heterocycles. The molecule has 0 radical (unpaired) electrons. The third-order valence-corrected chi connectivity index (χ3v) is 5.41. The Bertz CT molecular complexity index is 753. The number of halogens is 3. The SMILES string of the molecule is FC(F)(F)c1nnc2ccc(NC3CCCN(C4CCCCC4)C3)nn12. The standard InChI is InChI=1S/C17H23F3N6/c18-17(19,20)16-23-22-15-9-8-14(24-26(15)16)21-12-5-4-10-25(11-12)13-6-2-1-3-7-13/h8-9,12-13H,1-7,10-11H2,(H,21,24). The summed E-state index contributed by atoms with van der Waals surface area (Å²) in [5.41, 5.74) is 0.0929. The molecule has 1 unspecified atom stereocenters. The maximum Gasteiger partial charge on any atom is 0.453 e. The average Bonchev–Trinajstić information content (AvgIpc) is 3.06. The normalized spacial score (nSPS) is 23.4. The van der Waals surface area contributed by atoms with Crippen molar-refractivity contribution in [2.45, 2.75) is 63.2 Å². The summed E-state index contributed by atoms with van der Waals surface area (Å²) < 4.78 is 39.8. The molecule has 0 spiro atoms. The monoisotopic (exact) mass is 368 g/mol. The summed E-state index contributed by atoms with van der Waals surface area (Å²) in [6.07, 6.45) is 3.95. The molecule has 26 heavy (non-hydrogen) atoms. The number of anilines is 1. The second-order valence-corrected chi connectivity index (χ2v) is 7.28. The lowest BCUT2D eigenvalue weighted by molar-refractivity contribution is -0.146. The molecule has 2 aromatic heterocycles. The van der Waals surface area contributed by atoms with Crippen molar-refractivity contribution < 1.29 is 13.2 Å². The molecule has 142 valence electrons. The van der Waals surface area contributed by atoms with E-state index < -0.39 is 12.0 Å². The summed E-state index contributed by atoms with van der Waals surface area (Å²) in [7, 11) is 0. The highest BCUT2D eigenvalue weighted by Gasteiger charge is 2.37. The molecule has 1 aliphatic carbocycles. The second-order valence-electron chi connectivity index (χ2n) is 7.28. The average molecular weight is 368 g/mol. The van der Waals surface area contributed by atoms with E-state index in [1.165, 1.54) is 38.2 Å². The first-order valence-electron chi connectivity index (χ1n) is 9.31. The molecule has 1 saturated carbocycles. The third-order valence-electron chi connectivity index (χ3n) is 5.41. The van der Waals surface area contributed by atoms with Crippen molar-refractivity contribution in [3.05, 3.63) is 18.0 Å². The van der Waals surface area contributed by atoms with Crippen LogP contribution in [0.4, 0.5) is 19.0 Å². The number of piperidine rings is 1. The summed E-state index contributed by atoms with van der Waals surface area (Å²) in [6, 6.07) is 4.03. The number of rotatable bonds is 3. The van der Waals surface area contributed by atoms with E-state index >= 15 is 0 Å². The fourth-order valence-electron chi connectivity index (χ4n) is 4.15. The number of nitrogens with zero attached hydrogens (tertiary/aromatic N) is 5. The Morgan fingerprint density at radius 3 is 2.58 bits per heavy atom. The van der Waals surface area contributed by atoms with Crippen LogP contribution in [0.5, 0.6) is 0 Å². The van der Waals surface area contributed by atoms with Gasteiger partial charge in [0.2, 0.25) is 0 Å². The van der Waals surface area contributed by atoms with Gasteiger partial charge in [0.1, 0.15) is 5.82 Å². The molecule has 0 aromatic carbocycles. The zero-order chi connectivity index (χ0) is 18.1. The van der Waals surface area contributed by atoms with Crippen molar-refractivity contribution in [1.82, 2.24) is 24.7 Å². The van der Waals surface area contributed by atoms with E-state index in [4.69, 9.17) is 0 Å². The third kappa shape index (κ3) is 3.62. The first-order valence-corrected chi connectivity index (χ1v) is 9.31. The predicted octanol–water partition coefficient (Wildman–Crippen LogP) is 3.35. The number of likely N-dealkylation sites (tertiary alicyclic amines) is 1. The maximum atomic E-state index is 13.0. The molecule has 0 bridgehead atoms. The molecule has 2 fully saturated rings. The van der Waals surface area contributed by atoms with Gasteiger partial charge in [-0.25, -0.2) is 0 Å². The van der Waals surface area contributed by atoms with Crippen molar-refractivity contribution in [2.24, 2.45) is 0 Å². The number of hydrogen-bond acceptors (Lipinski definition) is 5. The first-order chi connectivity index (χ1) is 12.5. The van der Waals surface area contributed by atoms with Crippen LogP contribution in [0, 0.1) is 0 Å². The number of alkyl halides is 3. The van der Waals surface area contributed by atoms with Crippen molar-refractivity contribution >= 4 is 11.5 Å². The van der Waals surface area contributed by atoms with Gasteiger partial charge in [-0.2, -0.15) is 17.7 Å². The van der Waals surface area contributed by atoms with E-state index in [-0.39, 0.29) is 11.7 Å². The van der Waals surface area contributed by atoms with Gasteiger partial charge >= 0.3 is 6.18 Å². The summed E-state index contributed by atoms with van der Waals surface area (Å²) >= 11 is 0. The Labute approximate surface area is 149 Å². The topological polar surface area (TPSA) is 58.4 Å². The van der Waals surface area contributed by atoms with Crippen molar-refractivity contribution in [1.29, 1.82) is 0 Å². The minimum Gasteiger partial charge on any atom is -0.365 e. The summed E-state index contributed by atoms with van der Waals surface area (Å²) in [6.45, 7) is 2.03. The Balaban J connectivity index is 1.47. The van der Waals surface area contributed by atoms with Gasteiger partial charge < -0.3 is 5.32 Å². The van der Waals surface area contributed by atoms with Gasteiger partial charge in [-0.3, -0.25) is 4.90 Å². The molecule has 1 N–H and O–H groups in total. The summed E-state index contributed by atoms with van der Waals surface area (Å²) in [5.74, 6) is -0.665. The molecule has 3 heterocycles. The Morgan fingerprint density at radius 1 is 1.00 bits per heavy atom. The van der Waals surface area contributed by atoms with Crippen LogP contribution in [0.15, 0.2) is 12.1 Å². The fourth-order valence-corrected chi connectivity index (χ4v) is 4.15. The quantitative estimate of drug-likeness (QED) is 0.900. The van der Waals surface area contributed by atoms with Crippen LogP contribution in [-0.4, -0.2) is 49.9 Å². The Morgan fingerprint density at radius 2 is 1.81 bits per heavy atom. The second kappa shape index (κ2) is 7.02. The Hall–Kier alpha value is -1.90. The molecule has 4 rings (SSSR count). The van der Waals surface area contributed by atoms with Crippen molar-refractivity contribution in [2.75, 3.05) is 18.4 Å². The lowest BCUT2D eigenvalue weighted by Crippen LogP contribution is -2.47. The minimum atomic E-state index is -4.58. The number of hydrogen-bond donors (Lipinski definition) is 1.